The van der Waals surface area contributed by atoms with Crippen LogP contribution >= 0.6 is 0 Å². The van der Waals surface area contributed by atoms with Crippen LogP contribution in [-0.2, 0) is 52.2 Å². The first kappa shape index (κ1) is 60.8. The molecule has 1 spiro atoms. The van der Waals surface area contributed by atoms with E-state index in [-0.39, 0.29) is 11.8 Å². The van der Waals surface area contributed by atoms with Crippen LogP contribution in [0.4, 0.5) is 0 Å². The molecular formula is C50H80O28. The first-order chi connectivity index (χ1) is 36.9. The number of esters is 1. The minimum absolute atomic E-state index is 0.0587. The summed E-state index contributed by atoms with van der Waals surface area (Å²) in [5, 5.41) is 181. The van der Waals surface area contributed by atoms with Gasteiger partial charge < -0.3 is 134 Å². The summed E-state index contributed by atoms with van der Waals surface area (Å²) >= 11 is 0. The van der Waals surface area contributed by atoms with E-state index >= 15 is 0 Å². The molecular weight excluding hydrogens is 1050 g/mol. The van der Waals surface area contributed by atoms with Crippen LogP contribution in [0, 0.1) is 28.1 Å². The summed E-state index contributed by atoms with van der Waals surface area (Å²) in [6.07, 6.45) is -39.7. The maximum absolute atomic E-state index is 14.8. The highest BCUT2D eigenvalue weighted by atomic mass is 16.8. The van der Waals surface area contributed by atoms with E-state index in [9.17, 15) is 91.6 Å². The zero-order valence-corrected chi connectivity index (χ0v) is 43.3. The van der Waals surface area contributed by atoms with Gasteiger partial charge in [-0.2, -0.15) is 0 Å². The van der Waals surface area contributed by atoms with Gasteiger partial charge in [0.25, 0.3) is 0 Å². The third-order valence-corrected chi connectivity index (χ3v) is 19.2. The van der Waals surface area contributed by atoms with Crippen molar-refractivity contribution in [2.24, 2.45) is 28.1 Å². The summed E-state index contributed by atoms with van der Waals surface area (Å²) in [5.74, 6) is -1.10. The molecule has 9 fully saturated rings. The van der Waals surface area contributed by atoms with Crippen molar-refractivity contribution in [1.82, 2.24) is 0 Å². The fourth-order valence-corrected chi connectivity index (χ4v) is 15.0. The molecule has 78 heavy (non-hydrogen) atoms. The summed E-state index contributed by atoms with van der Waals surface area (Å²) in [5.41, 5.74) is -2.75. The van der Waals surface area contributed by atoms with Gasteiger partial charge in [-0.3, -0.25) is 4.79 Å². The van der Waals surface area contributed by atoms with Crippen LogP contribution in [0.25, 0.3) is 0 Å². The van der Waals surface area contributed by atoms with Crippen LogP contribution in [0.3, 0.4) is 0 Å². The number of ether oxygens (including phenoxy) is 10. The van der Waals surface area contributed by atoms with Crippen molar-refractivity contribution in [3.8, 4) is 0 Å². The molecule has 0 unspecified atom stereocenters. The van der Waals surface area contributed by atoms with Gasteiger partial charge in [-0.05, 0) is 86.5 Å². The average Bonchev–Trinajstić information content (AvgIpc) is 3.79. The van der Waals surface area contributed by atoms with Crippen LogP contribution in [0.2, 0.25) is 0 Å². The molecule has 0 aromatic rings. The third-order valence-electron chi connectivity index (χ3n) is 19.2. The van der Waals surface area contributed by atoms with Crippen LogP contribution in [-0.4, -0.2) is 285 Å². The highest BCUT2D eigenvalue weighted by molar-refractivity contribution is 5.77. The second kappa shape index (κ2) is 23.3. The Labute approximate surface area is 448 Å². The predicted octanol–water partition coefficient (Wildman–Crippen LogP) is -7.29. The minimum atomic E-state index is -1.99. The molecule has 0 radical (unpaired) electrons. The van der Waals surface area contributed by atoms with Crippen LogP contribution in [0.1, 0.15) is 71.6 Å². The highest BCUT2D eigenvalue weighted by Gasteiger charge is 2.70. The van der Waals surface area contributed by atoms with Gasteiger partial charge in [0, 0.05) is 0 Å². The lowest BCUT2D eigenvalue weighted by molar-refractivity contribution is -0.400. The minimum Gasteiger partial charge on any atom is -0.432 e. The second-order valence-corrected chi connectivity index (χ2v) is 23.6. The Morgan fingerprint density at radius 3 is 1.41 bits per heavy atom. The number of hydrogen-bond donors (Lipinski definition) is 17. The first-order valence-corrected chi connectivity index (χ1v) is 26.9. The number of carbonyl (C=O) groups excluding carboxylic acids is 1. The van der Waals surface area contributed by atoms with Crippen molar-refractivity contribution in [2.75, 3.05) is 33.0 Å². The largest absolute Gasteiger partial charge is 0.432 e. The fraction of sp³-hybridized carbons (Fsp3) is 0.940. The monoisotopic (exact) mass is 1130 g/mol. The van der Waals surface area contributed by atoms with Gasteiger partial charge in [0.1, 0.15) is 122 Å². The van der Waals surface area contributed by atoms with Gasteiger partial charge in [0.2, 0.25) is 6.29 Å². The van der Waals surface area contributed by atoms with Gasteiger partial charge in [-0.25, -0.2) is 0 Å². The lowest BCUT2D eigenvalue weighted by Crippen LogP contribution is -2.68. The van der Waals surface area contributed by atoms with E-state index in [2.05, 4.69) is 13.5 Å². The normalized spacial score (nSPS) is 54.5. The number of rotatable bonds is 15. The standard InChI is InChI=1S/C50H80O28/c1-18-11-49-9-5-24-47(2,7-4-8-48(24,3)46(68)77-44-37(67)38(29(59)22(15-54)72-44)74-41-34(64)31(61)26(56)19(12-51)69-41)25(49)6-10-50(18,17-49)78-45-40(76-43-36(66)33(63)28(58)21(14-53)71-43)39(30(60)23(16-55)73-45)75-42-35(65)32(62)27(57)20(13-52)70-42/h19-45,51-67H,1,4-17H2,2-3H3/t19-,20-,21-,22-,23-,24+,25+,26-,27-,28-,29-,30-,31+,32+,33+,34-,35-,36-,37-,38+,39+,40-,41+,42+,43+,44+,45+,47-,48-,49-,50+/m0/s1. The van der Waals surface area contributed by atoms with E-state index < -0.39 is 214 Å². The second-order valence-electron chi connectivity index (χ2n) is 23.6. The van der Waals surface area contributed by atoms with Crippen LogP contribution in [0.15, 0.2) is 12.2 Å². The Balaban J connectivity index is 0.951. The van der Waals surface area contributed by atoms with Gasteiger partial charge in [0.15, 0.2) is 25.2 Å². The van der Waals surface area contributed by atoms with Crippen molar-refractivity contribution >= 4 is 5.97 Å². The number of hydrogen-bond acceptors (Lipinski definition) is 28. The Morgan fingerprint density at radius 2 is 0.910 bits per heavy atom. The maximum Gasteiger partial charge on any atom is 0.314 e. The Hall–Kier alpha value is -1.83. The van der Waals surface area contributed by atoms with Crippen LogP contribution < -0.4 is 0 Å². The summed E-state index contributed by atoms with van der Waals surface area (Å²) in [6, 6.07) is 0. The molecule has 31 atom stereocenters. The summed E-state index contributed by atoms with van der Waals surface area (Å²) in [6.45, 7) is 4.32. The maximum atomic E-state index is 14.8. The Bertz CT molecular complexity index is 2070. The van der Waals surface area contributed by atoms with Crippen molar-refractivity contribution in [3.05, 3.63) is 12.2 Å². The number of aliphatic hydroxyl groups excluding tert-OH is 17. The lowest BCUT2D eigenvalue weighted by atomic mass is 9.41. The molecule has 5 aliphatic heterocycles. The molecule has 5 heterocycles. The first-order valence-electron chi connectivity index (χ1n) is 26.9. The molecule has 2 bridgehead atoms. The van der Waals surface area contributed by atoms with Crippen molar-refractivity contribution in [1.29, 1.82) is 0 Å². The number of fused-ring (bicyclic) bond motifs is 3. The van der Waals surface area contributed by atoms with E-state index in [1.165, 1.54) is 0 Å². The van der Waals surface area contributed by atoms with Gasteiger partial charge >= 0.3 is 5.97 Å². The van der Waals surface area contributed by atoms with Crippen molar-refractivity contribution < 1.29 is 139 Å². The van der Waals surface area contributed by atoms with E-state index in [0.29, 0.717) is 63.4 Å². The van der Waals surface area contributed by atoms with E-state index in [4.69, 9.17) is 47.4 Å². The molecule has 28 nitrogen and oxygen atoms in total. The third kappa shape index (κ3) is 10.3. The topological polar surface area (TPSA) is 453 Å². The average molecular weight is 1130 g/mol. The molecule has 9 aliphatic rings. The molecule has 28 heteroatoms. The molecule has 17 N–H and O–H groups in total. The molecule has 0 aromatic heterocycles. The fourth-order valence-electron chi connectivity index (χ4n) is 15.0. The molecule has 9 rings (SSSR count). The smallest absolute Gasteiger partial charge is 0.314 e. The van der Waals surface area contributed by atoms with E-state index in [1.54, 1.807) is 6.92 Å². The van der Waals surface area contributed by atoms with Crippen LogP contribution in [0.5, 0.6) is 0 Å². The zero-order valence-electron chi connectivity index (χ0n) is 43.3. The molecule has 5 saturated heterocycles. The summed E-state index contributed by atoms with van der Waals surface area (Å²) < 4.78 is 59.9. The van der Waals surface area contributed by atoms with E-state index in [1.807, 2.05) is 0 Å². The molecule has 0 amide bonds. The quantitative estimate of drug-likeness (QED) is 0.0411. The van der Waals surface area contributed by atoms with Crippen molar-refractivity contribution in [3.63, 3.8) is 0 Å². The zero-order chi connectivity index (χ0) is 56.7. The Morgan fingerprint density at radius 1 is 0.487 bits per heavy atom. The van der Waals surface area contributed by atoms with Crippen molar-refractivity contribution in [2.45, 2.75) is 231 Å². The highest BCUT2D eigenvalue weighted by Crippen LogP contribution is 2.74. The molecule has 4 aliphatic carbocycles. The number of aliphatic hydroxyl groups is 17. The summed E-state index contributed by atoms with van der Waals surface area (Å²) in [7, 11) is 0. The molecule has 448 valence electrons. The summed E-state index contributed by atoms with van der Waals surface area (Å²) in [4.78, 5) is 14.8. The number of carbonyl (C=O) groups is 1. The predicted molar refractivity (Wildman–Crippen MR) is 252 cm³/mol. The SMILES string of the molecule is C=C1C[C@]23CC[C@@H]4[C@](C)(CCC[C@]4(C)C(=O)O[C@H]4O[C@@H](CO)[C@H](O)[C@@H](O[C@H]5O[C@@H](CO)[C@H](O)[C@@H](O)[C@@H]5O)[C@@H]4O)[C@H]2CC[C@@]1(O[C@H]1O[C@@H](CO)[C@H](O)[C@@H](O[C@H]2O[C@@H](CO)[C@H](O)[C@@H](O)[C@@H]2O)[C@@H]1O[C@H]1O[C@@H](CO)[C@H](O)[C@@H](O)[C@@H]1O)C3. The van der Waals surface area contributed by atoms with E-state index in [0.717, 1.165) is 0 Å². The van der Waals surface area contributed by atoms with Gasteiger partial charge in [0.05, 0.1) is 44.1 Å². The lowest BCUT2D eigenvalue weighted by Gasteiger charge is -2.64. The van der Waals surface area contributed by atoms with Gasteiger partial charge in [-0.15, -0.1) is 0 Å². The molecule has 4 saturated carbocycles. The molecule has 0 aromatic carbocycles. The Kier molecular flexibility index (Phi) is 18.2. The van der Waals surface area contributed by atoms with Gasteiger partial charge in [-0.1, -0.05) is 19.9 Å².